The average molecular weight is 483 g/mol. The third-order valence-electron chi connectivity index (χ3n) is 5.03. The van der Waals surface area contributed by atoms with E-state index in [0.717, 1.165) is 29.7 Å². The van der Waals surface area contributed by atoms with Gasteiger partial charge in [0.2, 0.25) is 0 Å². The van der Waals surface area contributed by atoms with Gasteiger partial charge < -0.3 is 9.64 Å². The van der Waals surface area contributed by atoms with Crippen molar-refractivity contribution in [1.82, 2.24) is 14.7 Å². The molecule has 8 nitrogen and oxygen atoms in total. The molecule has 0 aliphatic rings. The fraction of sp³-hybridized carbons (Fsp3) is 0.320. The second kappa shape index (κ2) is 11.1. The Kier molecular flexibility index (Phi) is 8.22. The van der Waals surface area contributed by atoms with E-state index in [1.807, 2.05) is 28.9 Å². The Labute approximate surface area is 200 Å². The summed E-state index contributed by atoms with van der Waals surface area (Å²) < 4.78 is 36.2. The second-order valence-corrected chi connectivity index (χ2v) is 9.60. The molecule has 0 radical (unpaired) electrons. The highest BCUT2D eigenvalue weighted by molar-refractivity contribution is 7.90. The van der Waals surface area contributed by atoms with Gasteiger partial charge in [0.25, 0.3) is 10.0 Å². The Hall–Kier alpha value is -3.46. The van der Waals surface area contributed by atoms with Crippen LogP contribution in [0.5, 0.6) is 0 Å². The zero-order chi connectivity index (χ0) is 24.7. The minimum Gasteiger partial charge on any atom is -0.461 e. The monoisotopic (exact) mass is 482 g/mol. The number of hydrogen-bond acceptors (Lipinski definition) is 5. The molecule has 0 fully saturated rings. The molecule has 9 heteroatoms. The summed E-state index contributed by atoms with van der Waals surface area (Å²) in [5.74, 6) is -0.427. The number of aromatic nitrogens is 2. The van der Waals surface area contributed by atoms with Gasteiger partial charge in [-0.3, -0.25) is 4.68 Å². The van der Waals surface area contributed by atoms with E-state index in [1.54, 1.807) is 56.3 Å². The highest BCUT2D eigenvalue weighted by Crippen LogP contribution is 2.29. The molecule has 180 valence electrons. The quantitative estimate of drug-likeness (QED) is 0.246. The highest BCUT2D eigenvalue weighted by atomic mass is 32.2. The van der Waals surface area contributed by atoms with Gasteiger partial charge in [-0.05, 0) is 36.6 Å². The third-order valence-corrected chi connectivity index (χ3v) is 6.32. The summed E-state index contributed by atoms with van der Waals surface area (Å²) >= 11 is 0. The molecule has 1 heterocycles. The lowest BCUT2D eigenvalue weighted by molar-refractivity contribution is 0.0518. The van der Waals surface area contributed by atoms with E-state index < -0.39 is 16.0 Å². The normalized spacial score (nSPS) is 11.6. The zero-order valence-electron chi connectivity index (χ0n) is 19.9. The minimum atomic E-state index is -3.85. The van der Waals surface area contributed by atoms with Gasteiger partial charge in [-0.15, -0.1) is 4.40 Å². The molecule has 1 aromatic heterocycles. The molecule has 0 N–H and O–H groups in total. The summed E-state index contributed by atoms with van der Waals surface area (Å²) in [7, 11) is -0.419. The first-order chi connectivity index (χ1) is 16.2. The SMILES string of the molecule is CCCc1cc(C(=O)OCC)nn1Cc1ccc(-c2ccccc2S(=O)(=O)N=CN(C)C)cc1. The largest absolute Gasteiger partial charge is 0.461 e. The van der Waals surface area contributed by atoms with Crippen LogP contribution in [0.2, 0.25) is 0 Å². The molecule has 3 rings (SSSR count). The Morgan fingerprint density at radius 3 is 2.47 bits per heavy atom. The molecule has 2 aromatic carbocycles. The number of carbonyl (C=O) groups excluding carboxylic acids is 1. The van der Waals surface area contributed by atoms with Crippen molar-refractivity contribution in [3.05, 3.63) is 71.5 Å². The van der Waals surface area contributed by atoms with Crippen LogP contribution in [0, 0.1) is 0 Å². The maximum Gasteiger partial charge on any atom is 0.358 e. The maximum absolute atomic E-state index is 12.8. The van der Waals surface area contributed by atoms with E-state index in [1.165, 1.54) is 6.34 Å². The van der Waals surface area contributed by atoms with E-state index in [0.29, 0.717) is 24.4 Å². The van der Waals surface area contributed by atoms with Crippen molar-refractivity contribution in [2.24, 2.45) is 4.40 Å². The molecule has 0 spiro atoms. The van der Waals surface area contributed by atoms with E-state index in [9.17, 15) is 13.2 Å². The number of aryl methyl sites for hydroxylation is 1. The third kappa shape index (κ3) is 6.11. The molecule has 0 aliphatic heterocycles. The van der Waals surface area contributed by atoms with E-state index in [2.05, 4.69) is 16.4 Å². The maximum atomic E-state index is 12.8. The van der Waals surface area contributed by atoms with E-state index in [4.69, 9.17) is 4.74 Å². The number of rotatable bonds is 10. The molecule has 0 amide bonds. The zero-order valence-corrected chi connectivity index (χ0v) is 20.7. The molecule has 0 unspecified atom stereocenters. The summed E-state index contributed by atoms with van der Waals surface area (Å²) in [5, 5.41) is 4.45. The number of esters is 1. The molecule has 0 saturated heterocycles. The van der Waals surface area contributed by atoms with Gasteiger partial charge in [-0.25, -0.2) is 4.79 Å². The lowest BCUT2D eigenvalue weighted by atomic mass is 10.0. The van der Waals surface area contributed by atoms with Gasteiger partial charge in [0.15, 0.2) is 5.69 Å². The van der Waals surface area contributed by atoms with Crippen molar-refractivity contribution in [1.29, 1.82) is 0 Å². The van der Waals surface area contributed by atoms with Crippen LogP contribution in [-0.2, 0) is 27.7 Å². The summed E-state index contributed by atoms with van der Waals surface area (Å²) in [6.45, 7) is 4.63. The number of ether oxygens (including phenoxy) is 1. The van der Waals surface area contributed by atoms with Crippen LogP contribution < -0.4 is 0 Å². The van der Waals surface area contributed by atoms with Crippen LogP contribution in [0.15, 0.2) is 63.9 Å². The van der Waals surface area contributed by atoms with Gasteiger partial charge >= 0.3 is 5.97 Å². The van der Waals surface area contributed by atoms with Crippen molar-refractivity contribution in [3.8, 4) is 11.1 Å². The van der Waals surface area contributed by atoms with Crippen LogP contribution in [-0.4, -0.2) is 56.1 Å². The molecule has 0 bridgehead atoms. The van der Waals surface area contributed by atoms with Crippen LogP contribution >= 0.6 is 0 Å². The van der Waals surface area contributed by atoms with Gasteiger partial charge in [0.1, 0.15) is 6.34 Å². The molecule has 3 aromatic rings. The fourth-order valence-electron chi connectivity index (χ4n) is 3.46. The van der Waals surface area contributed by atoms with E-state index in [-0.39, 0.29) is 4.90 Å². The van der Waals surface area contributed by atoms with Gasteiger partial charge in [-0.2, -0.15) is 13.5 Å². The molecular weight excluding hydrogens is 452 g/mol. The number of hydrogen-bond donors (Lipinski definition) is 0. The van der Waals surface area contributed by atoms with Crippen molar-refractivity contribution in [2.45, 2.75) is 38.1 Å². The predicted molar refractivity (Wildman–Crippen MR) is 133 cm³/mol. The molecule has 0 atom stereocenters. The first-order valence-corrected chi connectivity index (χ1v) is 12.6. The first kappa shape index (κ1) is 25.2. The lowest BCUT2D eigenvalue weighted by Gasteiger charge is -2.11. The summed E-state index contributed by atoms with van der Waals surface area (Å²) in [4.78, 5) is 13.8. The van der Waals surface area contributed by atoms with Crippen molar-refractivity contribution in [2.75, 3.05) is 20.7 Å². The second-order valence-electron chi connectivity index (χ2n) is 8.00. The Balaban J connectivity index is 1.88. The first-order valence-electron chi connectivity index (χ1n) is 11.1. The van der Waals surface area contributed by atoms with Crippen LogP contribution in [0.1, 0.15) is 42.0 Å². The molecular formula is C25H30N4O4S. The van der Waals surface area contributed by atoms with Gasteiger partial charge in [0.05, 0.1) is 18.0 Å². The summed E-state index contributed by atoms with van der Waals surface area (Å²) in [5.41, 5.74) is 3.60. The lowest BCUT2D eigenvalue weighted by Crippen LogP contribution is -2.10. The Bertz CT molecular complexity index is 1260. The summed E-state index contributed by atoms with van der Waals surface area (Å²) in [6, 6.07) is 16.2. The number of benzene rings is 2. The van der Waals surface area contributed by atoms with Gasteiger partial charge in [0, 0.05) is 25.4 Å². The standard InChI is InChI=1S/C25H30N4O4S/c1-5-9-21-16-23(25(30)33-6-2)27-29(21)17-19-12-14-20(15-13-19)22-10-7-8-11-24(22)34(31,32)26-18-28(3)4/h7-8,10-16,18H,5-6,9,17H2,1-4H3. The summed E-state index contributed by atoms with van der Waals surface area (Å²) in [6.07, 6.45) is 3.00. The fourth-order valence-corrected chi connectivity index (χ4v) is 4.60. The predicted octanol–water partition coefficient (Wildman–Crippen LogP) is 4.01. The van der Waals surface area contributed by atoms with Crippen molar-refractivity contribution >= 4 is 22.3 Å². The molecule has 0 saturated carbocycles. The highest BCUT2D eigenvalue weighted by Gasteiger charge is 2.18. The number of sulfonamides is 1. The Morgan fingerprint density at radius 2 is 1.82 bits per heavy atom. The van der Waals surface area contributed by atoms with Crippen LogP contribution in [0.25, 0.3) is 11.1 Å². The van der Waals surface area contributed by atoms with E-state index >= 15 is 0 Å². The minimum absolute atomic E-state index is 0.150. The van der Waals surface area contributed by atoms with Gasteiger partial charge in [-0.1, -0.05) is 55.8 Å². The van der Waals surface area contributed by atoms with Crippen LogP contribution in [0.3, 0.4) is 0 Å². The van der Waals surface area contributed by atoms with Crippen LogP contribution in [0.4, 0.5) is 0 Å². The smallest absolute Gasteiger partial charge is 0.358 e. The topological polar surface area (TPSA) is 93.9 Å². The molecule has 0 aliphatic carbocycles. The number of nitrogens with zero attached hydrogens (tertiary/aromatic N) is 4. The average Bonchev–Trinajstić information content (AvgIpc) is 3.21. The Morgan fingerprint density at radius 1 is 1.12 bits per heavy atom. The number of carbonyl (C=O) groups is 1. The molecule has 34 heavy (non-hydrogen) atoms. The van der Waals surface area contributed by atoms with Crippen molar-refractivity contribution in [3.63, 3.8) is 0 Å². The van der Waals surface area contributed by atoms with Crippen molar-refractivity contribution < 1.29 is 17.9 Å².